The summed E-state index contributed by atoms with van der Waals surface area (Å²) < 4.78 is 0. The first-order valence-corrected chi connectivity index (χ1v) is 5.94. The summed E-state index contributed by atoms with van der Waals surface area (Å²) in [6.07, 6.45) is 0.262. The highest BCUT2D eigenvalue weighted by Gasteiger charge is 2.33. The van der Waals surface area contributed by atoms with Crippen LogP contribution in [0.3, 0.4) is 0 Å². The molecule has 0 saturated heterocycles. The molecule has 2 nitrogen and oxygen atoms in total. The molecular formula is C11H9ClN2S. The van der Waals surface area contributed by atoms with Crippen LogP contribution in [0.2, 0.25) is 0 Å². The third-order valence-electron chi connectivity index (χ3n) is 2.10. The predicted octanol–water partition coefficient (Wildman–Crippen LogP) is 3.03. The van der Waals surface area contributed by atoms with Gasteiger partial charge in [-0.3, -0.25) is 4.99 Å². The van der Waals surface area contributed by atoms with E-state index in [1.165, 1.54) is 0 Å². The van der Waals surface area contributed by atoms with Crippen LogP contribution in [0, 0.1) is 11.3 Å². The molecule has 0 bridgehead atoms. The minimum atomic E-state index is -0.718. The number of rotatable bonds is 2. The molecule has 1 heterocycles. The fourth-order valence-electron chi connectivity index (χ4n) is 1.37. The number of nitrogens with zero attached hydrogens (tertiary/aromatic N) is 2. The minimum absolute atomic E-state index is 0.262. The zero-order chi connectivity index (χ0) is 10.7. The summed E-state index contributed by atoms with van der Waals surface area (Å²) >= 11 is 7.79. The maximum atomic E-state index is 8.64. The van der Waals surface area contributed by atoms with Crippen LogP contribution in [0.4, 0.5) is 0 Å². The van der Waals surface area contributed by atoms with Crippen molar-refractivity contribution in [3.63, 3.8) is 0 Å². The molecule has 1 aromatic rings. The van der Waals surface area contributed by atoms with Crippen LogP contribution in [0.5, 0.6) is 0 Å². The summed E-state index contributed by atoms with van der Waals surface area (Å²) in [7, 11) is 0. The van der Waals surface area contributed by atoms with E-state index in [1.54, 1.807) is 11.8 Å². The van der Waals surface area contributed by atoms with E-state index >= 15 is 0 Å². The molecule has 0 aliphatic carbocycles. The van der Waals surface area contributed by atoms with Crippen LogP contribution < -0.4 is 0 Å². The van der Waals surface area contributed by atoms with Crippen molar-refractivity contribution < 1.29 is 0 Å². The fourth-order valence-corrected chi connectivity index (χ4v) is 2.79. The average molecular weight is 237 g/mol. The molecule has 1 unspecified atom stereocenters. The van der Waals surface area contributed by atoms with Gasteiger partial charge >= 0.3 is 0 Å². The molecule has 1 atom stereocenters. The van der Waals surface area contributed by atoms with Crippen LogP contribution >= 0.6 is 23.4 Å². The largest absolute Gasteiger partial charge is 0.253 e. The summed E-state index contributed by atoms with van der Waals surface area (Å²) in [6, 6.07) is 12.0. The van der Waals surface area contributed by atoms with E-state index in [2.05, 4.69) is 11.1 Å². The summed E-state index contributed by atoms with van der Waals surface area (Å²) in [6.45, 7) is 0. The summed E-state index contributed by atoms with van der Waals surface area (Å²) in [5.41, 5.74) is 1.07. The van der Waals surface area contributed by atoms with Gasteiger partial charge in [0.15, 0.2) is 5.00 Å². The molecule has 4 heteroatoms. The zero-order valence-electron chi connectivity index (χ0n) is 7.98. The Labute approximate surface area is 98.0 Å². The Bertz CT molecular complexity index is 424. The Morgan fingerprint density at radius 3 is 2.87 bits per heavy atom. The lowest BCUT2D eigenvalue weighted by Crippen LogP contribution is -2.16. The number of hydrogen-bond donors (Lipinski definition) is 0. The Hall–Kier alpha value is -0.980. The van der Waals surface area contributed by atoms with Gasteiger partial charge in [0.25, 0.3) is 0 Å². The number of hydrogen-bond acceptors (Lipinski definition) is 3. The molecule has 0 saturated carbocycles. The number of alkyl halides is 1. The highest BCUT2D eigenvalue weighted by molar-refractivity contribution is 8.14. The molecule has 15 heavy (non-hydrogen) atoms. The molecule has 76 valence electrons. The molecule has 0 fully saturated rings. The maximum Gasteiger partial charge on any atom is 0.157 e. The molecule has 0 spiro atoms. The molecule has 1 aliphatic rings. The van der Waals surface area contributed by atoms with Crippen LogP contribution in [0.1, 0.15) is 12.0 Å². The second kappa shape index (κ2) is 4.26. The topological polar surface area (TPSA) is 36.1 Å². The van der Waals surface area contributed by atoms with E-state index in [9.17, 15) is 0 Å². The SMILES string of the molecule is N#CCC1(Cl)CSC(c2ccccc2)=N1. The third kappa shape index (κ3) is 2.34. The molecule has 2 rings (SSSR count). The summed E-state index contributed by atoms with van der Waals surface area (Å²) in [5, 5.41) is 9.57. The smallest absolute Gasteiger partial charge is 0.157 e. The highest BCUT2D eigenvalue weighted by Crippen LogP contribution is 2.36. The maximum absolute atomic E-state index is 8.64. The van der Waals surface area contributed by atoms with Gasteiger partial charge in [-0.15, -0.1) is 11.8 Å². The summed E-state index contributed by atoms with van der Waals surface area (Å²) in [4.78, 5) is 3.68. The monoisotopic (exact) mass is 236 g/mol. The van der Waals surface area contributed by atoms with Gasteiger partial charge in [-0.05, 0) is 0 Å². The van der Waals surface area contributed by atoms with Crippen LogP contribution in [0.15, 0.2) is 35.3 Å². The lowest BCUT2D eigenvalue weighted by atomic mass is 10.2. The van der Waals surface area contributed by atoms with E-state index in [0.717, 1.165) is 10.6 Å². The molecule has 1 aromatic carbocycles. The molecule has 0 aromatic heterocycles. The van der Waals surface area contributed by atoms with Crippen LogP contribution in [0.25, 0.3) is 0 Å². The van der Waals surface area contributed by atoms with Gasteiger partial charge in [0.05, 0.1) is 12.5 Å². The molecule has 1 aliphatic heterocycles. The van der Waals surface area contributed by atoms with Gasteiger partial charge < -0.3 is 0 Å². The average Bonchev–Trinajstić information content (AvgIpc) is 2.63. The first-order chi connectivity index (χ1) is 7.23. The Balaban J connectivity index is 2.24. The molecule has 0 amide bonds. The van der Waals surface area contributed by atoms with Crippen molar-refractivity contribution in [1.82, 2.24) is 0 Å². The predicted molar refractivity (Wildman–Crippen MR) is 64.3 cm³/mol. The van der Waals surface area contributed by atoms with Crippen molar-refractivity contribution in [3.05, 3.63) is 35.9 Å². The van der Waals surface area contributed by atoms with Gasteiger partial charge in [0, 0.05) is 11.3 Å². The quantitative estimate of drug-likeness (QED) is 0.585. The van der Waals surface area contributed by atoms with Crippen LogP contribution in [-0.4, -0.2) is 15.8 Å². The first-order valence-electron chi connectivity index (χ1n) is 4.57. The molecule has 0 N–H and O–H groups in total. The van der Waals surface area contributed by atoms with E-state index in [1.807, 2.05) is 30.3 Å². The third-order valence-corrected chi connectivity index (χ3v) is 3.84. The van der Waals surface area contributed by atoms with Crippen molar-refractivity contribution in [2.45, 2.75) is 11.4 Å². The fraction of sp³-hybridized carbons (Fsp3) is 0.273. The van der Waals surface area contributed by atoms with Crippen LogP contribution in [-0.2, 0) is 0 Å². The van der Waals surface area contributed by atoms with E-state index in [4.69, 9.17) is 16.9 Å². The number of benzene rings is 1. The Kier molecular flexibility index (Phi) is 2.99. The first kappa shape index (κ1) is 10.5. The van der Waals surface area contributed by atoms with Crippen molar-refractivity contribution in [2.24, 2.45) is 4.99 Å². The standard InChI is InChI=1S/C11H9ClN2S/c12-11(6-7-13)8-15-10(14-11)9-4-2-1-3-5-9/h1-5H,6,8H2. The molecule has 0 radical (unpaired) electrons. The normalized spacial score (nSPS) is 24.7. The highest BCUT2D eigenvalue weighted by atomic mass is 35.5. The van der Waals surface area contributed by atoms with Gasteiger partial charge in [0.2, 0.25) is 0 Å². The number of halogens is 1. The van der Waals surface area contributed by atoms with Gasteiger partial charge in [-0.25, -0.2) is 0 Å². The number of nitriles is 1. The second-order valence-electron chi connectivity index (χ2n) is 3.32. The van der Waals surface area contributed by atoms with E-state index in [0.29, 0.717) is 5.75 Å². The minimum Gasteiger partial charge on any atom is -0.253 e. The summed E-state index contributed by atoms with van der Waals surface area (Å²) in [5.74, 6) is 0.673. The zero-order valence-corrected chi connectivity index (χ0v) is 9.55. The second-order valence-corrected chi connectivity index (χ2v) is 4.99. The molecular weight excluding hydrogens is 228 g/mol. The van der Waals surface area contributed by atoms with Gasteiger partial charge in [-0.2, -0.15) is 5.26 Å². The van der Waals surface area contributed by atoms with E-state index in [-0.39, 0.29) is 6.42 Å². The Morgan fingerprint density at radius 1 is 1.47 bits per heavy atom. The van der Waals surface area contributed by atoms with Gasteiger partial charge in [-0.1, -0.05) is 41.9 Å². The van der Waals surface area contributed by atoms with Crippen molar-refractivity contribution in [3.8, 4) is 6.07 Å². The number of aliphatic imine (C=N–C) groups is 1. The number of thioether (sulfide) groups is 1. The van der Waals surface area contributed by atoms with Gasteiger partial charge in [0.1, 0.15) is 5.04 Å². The van der Waals surface area contributed by atoms with E-state index < -0.39 is 5.00 Å². The van der Waals surface area contributed by atoms with Crippen molar-refractivity contribution >= 4 is 28.4 Å². The lowest BCUT2D eigenvalue weighted by Gasteiger charge is -2.10. The lowest BCUT2D eigenvalue weighted by molar-refractivity contribution is 0.707. The van der Waals surface area contributed by atoms with Crippen molar-refractivity contribution in [1.29, 1.82) is 5.26 Å². The van der Waals surface area contributed by atoms with Crippen molar-refractivity contribution in [2.75, 3.05) is 5.75 Å². The Morgan fingerprint density at radius 2 is 2.20 bits per heavy atom.